The summed E-state index contributed by atoms with van der Waals surface area (Å²) in [5, 5.41) is 12.5. The predicted molar refractivity (Wildman–Crippen MR) is 142 cm³/mol. The van der Waals surface area contributed by atoms with E-state index in [0.29, 0.717) is 35.0 Å². The van der Waals surface area contributed by atoms with Crippen LogP contribution < -0.4 is 5.30 Å². The summed E-state index contributed by atoms with van der Waals surface area (Å²) in [5.41, 5.74) is -0.364. The summed E-state index contributed by atoms with van der Waals surface area (Å²) in [6.45, 7) is 0. The molecule has 8 aliphatic carbocycles. The third-order valence-electron chi connectivity index (χ3n) is 11.8. The highest BCUT2D eigenvalue weighted by Crippen LogP contribution is 2.71. The Labute approximate surface area is 227 Å². The lowest BCUT2D eigenvalue weighted by atomic mass is 9.55. The molecule has 8 saturated carbocycles. The fraction of sp³-hybridized carbons (Fsp3) is 0.625. The van der Waals surface area contributed by atoms with Crippen molar-refractivity contribution < 1.29 is 27.1 Å². The van der Waals surface area contributed by atoms with Gasteiger partial charge in [0.05, 0.1) is 5.56 Å². The zero-order valence-corrected chi connectivity index (χ0v) is 22.8. The molecule has 0 unspecified atom stereocenters. The summed E-state index contributed by atoms with van der Waals surface area (Å²) in [5.74, 6) is -4.51. The van der Waals surface area contributed by atoms with E-state index in [1.54, 1.807) is 6.07 Å². The van der Waals surface area contributed by atoms with Crippen LogP contribution in [0.3, 0.4) is 0 Å². The molecule has 0 atom stereocenters. The van der Waals surface area contributed by atoms with Crippen molar-refractivity contribution in [3.63, 3.8) is 0 Å². The number of para-hydroxylation sites is 1. The molecular weight excluding hydrogens is 526 g/mol. The van der Waals surface area contributed by atoms with Crippen molar-refractivity contribution in [1.29, 1.82) is 0 Å². The average Bonchev–Trinajstić information content (AvgIpc) is 2.90. The first-order valence-electron chi connectivity index (χ1n) is 14.9. The van der Waals surface area contributed by atoms with Crippen LogP contribution in [0.5, 0.6) is 5.75 Å². The third-order valence-corrected chi connectivity index (χ3v) is 15.7. The Morgan fingerprint density at radius 2 is 0.923 bits per heavy atom. The van der Waals surface area contributed by atoms with Gasteiger partial charge in [0.25, 0.3) is 0 Å². The summed E-state index contributed by atoms with van der Waals surface area (Å²) in [4.78, 5) is 0. The molecule has 8 bridgehead atoms. The van der Waals surface area contributed by atoms with Crippen molar-refractivity contribution in [3.8, 4) is 16.9 Å². The Bertz CT molecular complexity index is 1220. The monoisotopic (exact) mass is 560 g/mol. The second-order valence-electron chi connectivity index (χ2n) is 13.9. The van der Waals surface area contributed by atoms with E-state index < -0.39 is 42.6 Å². The van der Waals surface area contributed by atoms with Gasteiger partial charge in [0, 0.05) is 10.9 Å². The van der Waals surface area contributed by atoms with E-state index in [0.717, 1.165) is 29.0 Å². The number of hydrogen-bond donors (Lipinski definition) is 1. The summed E-state index contributed by atoms with van der Waals surface area (Å²) in [6, 6.07) is 4.87. The fourth-order valence-corrected chi connectivity index (χ4v) is 15.5. The minimum absolute atomic E-state index is 0.269. The molecule has 1 N–H and O–H groups in total. The molecule has 2 aromatic carbocycles. The number of aromatic hydroxyl groups is 1. The molecule has 10 rings (SSSR count). The lowest BCUT2D eigenvalue weighted by Crippen LogP contribution is -2.54. The number of phenolic OH excluding ortho intramolecular Hbond substituents is 1. The zero-order valence-electron chi connectivity index (χ0n) is 21.9. The summed E-state index contributed by atoms with van der Waals surface area (Å²) in [6.07, 6.45) is 12.6. The fourth-order valence-electron chi connectivity index (χ4n) is 11.0. The summed E-state index contributed by atoms with van der Waals surface area (Å²) in [7, 11) is -0.880. The molecule has 0 heterocycles. The molecule has 0 amide bonds. The second kappa shape index (κ2) is 8.91. The van der Waals surface area contributed by atoms with E-state index in [2.05, 4.69) is 0 Å². The normalized spacial score (nSPS) is 40.4. The van der Waals surface area contributed by atoms with Crippen LogP contribution in [0.2, 0.25) is 0 Å². The maximum Gasteiger partial charge on any atom is 0.200 e. The summed E-state index contributed by atoms with van der Waals surface area (Å²) < 4.78 is 72.2. The first-order chi connectivity index (χ1) is 18.8. The number of rotatable bonds is 4. The van der Waals surface area contributed by atoms with Gasteiger partial charge in [-0.3, -0.25) is 0 Å². The van der Waals surface area contributed by atoms with E-state index in [4.69, 9.17) is 0 Å². The number of phenols is 1. The molecule has 0 spiro atoms. The molecule has 208 valence electrons. The second-order valence-corrected chi connectivity index (χ2v) is 16.4. The van der Waals surface area contributed by atoms with Gasteiger partial charge in [-0.1, -0.05) is 26.1 Å². The Kier molecular flexibility index (Phi) is 5.72. The van der Waals surface area contributed by atoms with Gasteiger partial charge in [-0.05, 0) is 123 Å². The molecule has 0 saturated heterocycles. The van der Waals surface area contributed by atoms with Gasteiger partial charge >= 0.3 is 0 Å². The standard InChI is InChI=1S/C32H34F5OP/c33-25-24(26(34)28(36)29(37)27(25)35)22-2-1-3-23(30(22)38)39(31-18-6-14-4-15(8-18)9-19(31)7-14)32-20-10-16-5-17(12-20)13-21(32)11-16/h1-3,14-21,31-32,38H,4-13H2. The van der Waals surface area contributed by atoms with Crippen LogP contribution in [0.1, 0.15) is 64.2 Å². The minimum Gasteiger partial charge on any atom is -0.507 e. The molecule has 0 radical (unpaired) electrons. The molecule has 7 heteroatoms. The first-order valence-corrected chi connectivity index (χ1v) is 16.4. The van der Waals surface area contributed by atoms with E-state index >= 15 is 0 Å². The molecular formula is C32H34F5OP. The van der Waals surface area contributed by atoms with Crippen molar-refractivity contribution in [1.82, 2.24) is 0 Å². The topological polar surface area (TPSA) is 20.2 Å². The Morgan fingerprint density at radius 3 is 1.33 bits per heavy atom. The zero-order chi connectivity index (χ0) is 26.7. The van der Waals surface area contributed by atoms with Crippen molar-refractivity contribution in [3.05, 3.63) is 47.3 Å². The number of hydrogen-bond acceptors (Lipinski definition) is 1. The predicted octanol–water partition coefficient (Wildman–Crippen LogP) is 8.51. The average molecular weight is 561 g/mol. The molecule has 8 fully saturated rings. The Balaban J connectivity index is 1.29. The van der Waals surface area contributed by atoms with Crippen LogP contribution in [0.15, 0.2) is 18.2 Å². The Morgan fingerprint density at radius 1 is 0.538 bits per heavy atom. The first kappa shape index (κ1) is 25.1. The minimum atomic E-state index is -2.17. The molecule has 8 aliphatic rings. The maximum absolute atomic E-state index is 15.0. The smallest absolute Gasteiger partial charge is 0.200 e. The van der Waals surface area contributed by atoms with Gasteiger partial charge in [-0.15, -0.1) is 0 Å². The van der Waals surface area contributed by atoms with Crippen molar-refractivity contribution in [2.45, 2.75) is 75.5 Å². The van der Waals surface area contributed by atoms with Crippen LogP contribution in [-0.2, 0) is 0 Å². The maximum atomic E-state index is 15.0. The van der Waals surface area contributed by atoms with Crippen LogP contribution in [0, 0.1) is 76.4 Å². The highest BCUT2D eigenvalue weighted by Gasteiger charge is 2.57. The largest absolute Gasteiger partial charge is 0.507 e. The number of halogens is 5. The van der Waals surface area contributed by atoms with Crippen LogP contribution in [0.4, 0.5) is 22.0 Å². The summed E-state index contributed by atoms with van der Waals surface area (Å²) >= 11 is 0. The van der Waals surface area contributed by atoms with Crippen LogP contribution in [-0.4, -0.2) is 16.4 Å². The molecule has 0 aromatic heterocycles. The van der Waals surface area contributed by atoms with Gasteiger partial charge in [0.15, 0.2) is 23.3 Å². The quantitative estimate of drug-likeness (QED) is 0.172. The Hall–Kier alpha value is -1.68. The van der Waals surface area contributed by atoms with Gasteiger partial charge in [0.2, 0.25) is 5.82 Å². The number of benzene rings is 2. The van der Waals surface area contributed by atoms with Crippen molar-refractivity contribution >= 4 is 13.2 Å². The van der Waals surface area contributed by atoms with Gasteiger partial charge in [-0.2, -0.15) is 0 Å². The van der Waals surface area contributed by atoms with E-state index in [1.165, 1.54) is 70.3 Å². The third kappa shape index (κ3) is 3.65. The van der Waals surface area contributed by atoms with Gasteiger partial charge in [0.1, 0.15) is 5.75 Å². The molecule has 0 aliphatic heterocycles. The van der Waals surface area contributed by atoms with Gasteiger partial charge in [-0.25, -0.2) is 22.0 Å². The molecule has 2 aromatic rings. The van der Waals surface area contributed by atoms with Gasteiger partial charge < -0.3 is 5.11 Å². The lowest BCUT2D eigenvalue weighted by molar-refractivity contribution is 0.0136. The van der Waals surface area contributed by atoms with Crippen LogP contribution in [0.25, 0.3) is 11.1 Å². The van der Waals surface area contributed by atoms with E-state index in [1.807, 2.05) is 6.07 Å². The lowest BCUT2D eigenvalue weighted by Gasteiger charge is -2.62. The van der Waals surface area contributed by atoms with Crippen molar-refractivity contribution in [2.24, 2.45) is 47.3 Å². The van der Waals surface area contributed by atoms with E-state index in [-0.39, 0.29) is 11.3 Å². The van der Waals surface area contributed by atoms with Crippen molar-refractivity contribution in [2.75, 3.05) is 0 Å². The molecule has 39 heavy (non-hydrogen) atoms. The van der Waals surface area contributed by atoms with Crippen LogP contribution >= 0.6 is 7.92 Å². The molecule has 1 nitrogen and oxygen atoms in total. The van der Waals surface area contributed by atoms with E-state index in [9.17, 15) is 27.1 Å². The highest BCUT2D eigenvalue weighted by molar-refractivity contribution is 7.67. The highest BCUT2D eigenvalue weighted by atomic mass is 31.1. The SMILES string of the molecule is Oc1c(-c2c(F)c(F)c(F)c(F)c2F)cccc1P(C1C2CC3CC(C2)CC1C3)C1C2CC3CC(C2)CC1C3.